The Labute approximate surface area is 184 Å². The predicted molar refractivity (Wildman–Crippen MR) is 114 cm³/mol. The van der Waals surface area contributed by atoms with Crippen molar-refractivity contribution in [2.75, 3.05) is 0 Å². The summed E-state index contributed by atoms with van der Waals surface area (Å²) < 4.78 is 68.4. The van der Waals surface area contributed by atoms with Gasteiger partial charge in [0.25, 0.3) is 0 Å². The second-order valence-corrected chi connectivity index (χ2v) is 8.91. The molecule has 0 radical (unpaired) electrons. The fourth-order valence-corrected chi connectivity index (χ4v) is 4.47. The van der Waals surface area contributed by atoms with E-state index in [0.717, 1.165) is 12.1 Å². The molecule has 0 aliphatic carbocycles. The van der Waals surface area contributed by atoms with Gasteiger partial charge in [-0.3, -0.25) is 4.79 Å². The van der Waals surface area contributed by atoms with Gasteiger partial charge in [-0.25, -0.2) is 21.6 Å². The third kappa shape index (κ3) is 5.95. The zero-order valence-corrected chi connectivity index (χ0v) is 17.9. The molecule has 168 valence electrons. The van der Waals surface area contributed by atoms with Crippen molar-refractivity contribution in [3.05, 3.63) is 101 Å². The van der Waals surface area contributed by atoms with E-state index in [2.05, 4.69) is 10.0 Å². The number of hydrogen-bond acceptors (Lipinski definition) is 3. The van der Waals surface area contributed by atoms with E-state index in [9.17, 15) is 26.4 Å². The Balaban J connectivity index is 1.80. The van der Waals surface area contributed by atoms with Crippen LogP contribution in [-0.2, 0) is 21.2 Å². The van der Waals surface area contributed by atoms with Crippen molar-refractivity contribution in [1.82, 2.24) is 10.0 Å². The molecule has 3 aromatic carbocycles. The molecule has 0 fully saturated rings. The minimum absolute atomic E-state index is 0.139. The first-order valence-electron chi connectivity index (χ1n) is 9.73. The van der Waals surface area contributed by atoms with Gasteiger partial charge in [-0.05, 0) is 60.9 Å². The van der Waals surface area contributed by atoms with Crippen LogP contribution in [0.2, 0.25) is 0 Å². The molecule has 32 heavy (non-hydrogen) atoms. The summed E-state index contributed by atoms with van der Waals surface area (Å²) in [6.45, 7) is 1.30. The van der Waals surface area contributed by atoms with Crippen molar-refractivity contribution < 1.29 is 26.4 Å². The van der Waals surface area contributed by atoms with Crippen molar-refractivity contribution >= 4 is 15.9 Å². The average Bonchev–Trinajstić information content (AvgIpc) is 2.73. The van der Waals surface area contributed by atoms with Gasteiger partial charge in [0.15, 0.2) is 0 Å². The fourth-order valence-electron chi connectivity index (χ4n) is 3.18. The van der Waals surface area contributed by atoms with Crippen molar-refractivity contribution in [2.24, 2.45) is 0 Å². The lowest BCUT2D eigenvalue weighted by atomic mass is 9.98. The fraction of sp³-hybridized carbons (Fsp3) is 0.174. The van der Waals surface area contributed by atoms with E-state index >= 15 is 0 Å². The van der Waals surface area contributed by atoms with Crippen molar-refractivity contribution in [1.29, 1.82) is 0 Å². The summed E-state index contributed by atoms with van der Waals surface area (Å²) in [7, 11) is -4.30. The molecule has 0 saturated carbocycles. The number of hydrogen-bond donors (Lipinski definition) is 2. The number of carbonyl (C=O) groups excluding carboxylic acids is 1. The van der Waals surface area contributed by atoms with Crippen molar-refractivity contribution in [2.45, 2.75) is 30.3 Å². The lowest BCUT2D eigenvalue weighted by molar-refractivity contribution is -0.123. The summed E-state index contributed by atoms with van der Waals surface area (Å²) in [5.74, 6) is -2.64. The maximum Gasteiger partial charge on any atom is 0.244 e. The predicted octanol–water partition coefficient (Wildman–Crippen LogP) is 3.87. The van der Waals surface area contributed by atoms with Crippen LogP contribution in [0.4, 0.5) is 13.2 Å². The lowest BCUT2D eigenvalue weighted by Gasteiger charge is -2.22. The highest BCUT2D eigenvalue weighted by molar-refractivity contribution is 7.89. The molecule has 5 nitrogen and oxygen atoms in total. The van der Waals surface area contributed by atoms with E-state index in [1.807, 2.05) is 0 Å². The average molecular weight is 462 g/mol. The molecule has 0 spiro atoms. The van der Waals surface area contributed by atoms with Gasteiger partial charge in [-0.1, -0.05) is 36.4 Å². The van der Waals surface area contributed by atoms with Gasteiger partial charge in [0.05, 0.1) is 12.1 Å². The standard InChI is InChI=1S/C23H21F3N2O3S/c1-15(28-32(30,31)22-11-3-2-10-20(22)26)23(29)27-21(17-7-5-9-19(25)14-17)13-16-6-4-8-18(24)12-16/h2-12,14-15,21,28H,13H2,1H3,(H,27,29)/t15-,21?/m0/s1. The molecule has 0 saturated heterocycles. The minimum Gasteiger partial charge on any atom is -0.348 e. The van der Waals surface area contributed by atoms with Crippen LogP contribution in [0.5, 0.6) is 0 Å². The van der Waals surface area contributed by atoms with E-state index in [4.69, 9.17) is 0 Å². The SMILES string of the molecule is C[C@H](NS(=O)(=O)c1ccccc1F)C(=O)NC(Cc1cccc(F)c1)c1cccc(F)c1. The molecule has 1 amide bonds. The highest BCUT2D eigenvalue weighted by atomic mass is 32.2. The molecule has 0 aliphatic heterocycles. The summed E-state index contributed by atoms with van der Waals surface area (Å²) in [4.78, 5) is 12.2. The number of benzene rings is 3. The summed E-state index contributed by atoms with van der Waals surface area (Å²) in [6, 6.07) is 14.1. The summed E-state index contributed by atoms with van der Waals surface area (Å²) >= 11 is 0. The first-order chi connectivity index (χ1) is 15.2. The molecule has 2 atom stereocenters. The van der Waals surface area contributed by atoms with E-state index in [0.29, 0.717) is 11.1 Å². The van der Waals surface area contributed by atoms with Gasteiger partial charge in [0.2, 0.25) is 15.9 Å². The zero-order valence-electron chi connectivity index (χ0n) is 17.1. The summed E-state index contributed by atoms with van der Waals surface area (Å²) in [5, 5.41) is 2.67. The molecule has 0 bridgehead atoms. The lowest BCUT2D eigenvalue weighted by Crippen LogP contribution is -2.46. The quantitative estimate of drug-likeness (QED) is 0.534. The summed E-state index contributed by atoms with van der Waals surface area (Å²) in [5.41, 5.74) is 0.978. The van der Waals surface area contributed by atoms with Gasteiger partial charge in [0, 0.05) is 0 Å². The van der Waals surface area contributed by atoms with E-state index in [-0.39, 0.29) is 6.42 Å². The molecular weight excluding hydrogens is 441 g/mol. The number of nitrogens with one attached hydrogen (secondary N) is 2. The monoisotopic (exact) mass is 462 g/mol. The minimum atomic E-state index is -4.30. The number of amides is 1. The highest BCUT2D eigenvalue weighted by Crippen LogP contribution is 2.21. The number of sulfonamides is 1. The Morgan fingerprint density at radius 2 is 1.56 bits per heavy atom. The van der Waals surface area contributed by atoms with Crippen LogP contribution in [0.1, 0.15) is 24.1 Å². The third-order valence-electron chi connectivity index (χ3n) is 4.75. The molecule has 3 rings (SSSR count). The first kappa shape index (κ1) is 23.5. The van der Waals surface area contributed by atoms with Gasteiger partial charge < -0.3 is 5.32 Å². The second-order valence-electron chi connectivity index (χ2n) is 7.22. The van der Waals surface area contributed by atoms with Crippen LogP contribution in [-0.4, -0.2) is 20.4 Å². The molecule has 1 unspecified atom stereocenters. The molecule has 3 aromatic rings. The molecule has 0 heterocycles. The highest BCUT2D eigenvalue weighted by Gasteiger charge is 2.26. The number of halogens is 3. The van der Waals surface area contributed by atoms with Crippen molar-refractivity contribution in [3.8, 4) is 0 Å². The van der Waals surface area contributed by atoms with Crippen LogP contribution in [0.25, 0.3) is 0 Å². The second kappa shape index (κ2) is 9.97. The molecule has 9 heteroatoms. The van der Waals surface area contributed by atoms with E-state index in [1.54, 1.807) is 12.1 Å². The smallest absolute Gasteiger partial charge is 0.244 e. The Bertz CT molecular complexity index is 1220. The van der Waals surface area contributed by atoms with E-state index in [1.165, 1.54) is 55.5 Å². The van der Waals surface area contributed by atoms with Gasteiger partial charge in [-0.2, -0.15) is 4.72 Å². The number of rotatable bonds is 8. The topological polar surface area (TPSA) is 75.3 Å². The van der Waals surface area contributed by atoms with E-state index < -0.39 is 50.4 Å². The Morgan fingerprint density at radius 1 is 0.906 bits per heavy atom. The van der Waals surface area contributed by atoms with Gasteiger partial charge in [0.1, 0.15) is 22.3 Å². The third-order valence-corrected chi connectivity index (χ3v) is 6.32. The first-order valence-corrected chi connectivity index (χ1v) is 11.2. The molecule has 0 aromatic heterocycles. The van der Waals surface area contributed by atoms with Crippen molar-refractivity contribution in [3.63, 3.8) is 0 Å². The van der Waals surface area contributed by atoms with Crippen LogP contribution in [0, 0.1) is 17.5 Å². The zero-order chi connectivity index (χ0) is 23.3. The van der Waals surface area contributed by atoms with Gasteiger partial charge in [-0.15, -0.1) is 0 Å². The normalized spacial score (nSPS) is 13.4. The maximum absolute atomic E-state index is 13.9. The molecule has 0 aliphatic rings. The largest absolute Gasteiger partial charge is 0.348 e. The molecular formula is C23H21F3N2O3S. The molecule has 2 N–H and O–H groups in total. The van der Waals surface area contributed by atoms with Crippen LogP contribution < -0.4 is 10.0 Å². The van der Waals surface area contributed by atoms with Crippen LogP contribution in [0.3, 0.4) is 0 Å². The Kier molecular flexibility index (Phi) is 7.32. The Morgan fingerprint density at radius 3 is 2.22 bits per heavy atom. The maximum atomic E-state index is 13.9. The van der Waals surface area contributed by atoms with Crippen LogP contribution in [0.15, 0.2) is 77.7 Å². The van der Waals surface area contributed by atoms with Crippen LogP contribution >= 0.6 is 0 Å². The number of carbonyl (C=O) groups is 1. The Hall–Kier alpha value is -3.17. The summed E-state index contributed by atoms with van der Waals surface area (Å²) in [6.07, 6.45) is 0.139. The van der Waals surface area contributed by atoms with Gasteiger partial charge >= 0.3 is 0 Å².